The highest BCUT2D eigenvalue weighted by Crippen LogP contribution is 2.02. The van der Waals surface area contributed by atoms with Crippen LogP contribution in [0.2, 0.25) is 0 Å². The summed E-state index contributed by atoms with van der Waals surface area (Å²) < 4.78 is 0. The van der Waals surface area contributed by atoms with Crippen LogP contribution in [0.5, 0.6) is 0 Å². The van der Waals surface area contributed by atoms with Crippen molar-refractivity contribution in [1.82, 2.24) is 21.3 Å². The predicted molar refractivity (Wildman–Crippen MR) is 92.0 cm³/mol. The first kappa shape index (κ1) is 19.0. The fraction of sp³-hybridized carbons (Fsp3) is 0.529. The second-order valence-corrected chi connectivity index (χ2v) is 5.78. The summed E-state index contributed by atoms with van der Waals surface area (Å²) in [5, 5.41) is 11.4. The Kier molecular flexibility index (Phi) is 8.75. The summed E-state index contributed by atoms with van der Waals surface area (Å²) in [6, 6.07) is 8.77. The van der Waals surface area contributed by atoms with Gasteiger partial charge in [0.25, 0.3) is 0 Å². The molecule has 4 N–H and O–H groups in total. The molecule has 0 saturated heterocycles. The molecule has 1 unspecified atom stereocenters. The van der Waals surface area contributed by atoms with Gasteiger partial charge in [-0.15, -0.1) is 0 Å². The van der Waals surface area contributed by atoms with Gasteiger partial charge in [-0.05, 0) is 31.5 Å². The van der Waals surface area contributed by atoms with Crippen LogP contribution in [0.15, 0.2) is 30.3 Å². The fourth-order valence-corrected chi connectivity index (χ4v) is 2.09. The van der Waals surface area contributed by atoms with E-state index < -0.39 is 6.04 Å². The summed E-state index contributed by atoms with van der Waals surface area (Å²) in [5.74, 6) is -0.132. The first-order chi connectivity index (χ1) is 11.0. The molecule has 23 heavy (non-hydrogen) atoms. The molecule has 0 aromatic heterocycles. The van der Waals surface area contributed by atoms with Crippen LogP contribution in [0.3, 0.4) is 0 Å². The number of urea groups is 1. The Hall–Kier alpha value is -2.08. The smallest absolute Gasteiger partial charge is 0.315 e. The molecule has 0 heterocycles. The molecule has 6 nitrogen and oxygen atoms in total. The number of rotatable bonds is 9. The zero-order valence-electron chi connectivity index (χ0n) is 14.2. The molecule has 1 aromatic rings. The van der Waals surface area contributed by atoms with E-state index in [1.165, 1.54) is 0 Å². The number of hydrogen-bond acceptors (Lipinski definition) is 3. The van der Waals surface area contributed by atoms with Crippen LogP contribution < -0.4 is 21.3 Å². The summed E-state index contributed by atoms with van der Waals surface area (Å²) in [7, 11) is 1.87. The van der Waals surface area contributed by atoms with Gasteiger partial charge in [0.15, 0.2) is 0 Å². The molecule has 0 aliphatic carbocycles. The molecule has 0 fully saturated rings. The molecule has 0 saturated carbocycles. The minimum absolute atomic E-state index is 0.0155. The maximum Gasteiger partial charge on any atom is 0.315 e. The summed E-state index contributed by atoms with van der Waals surface area (Å²) in [6.45, 7) is 5.69. The van der Waals surface area contributed by atoms with Crippen LogP contribution in [-0.2, 0) is 11.3 Å². The number of carbonyl (C=O) groups is 2. The van der Waals surface area contributed by atoms with Crippen molar-refractivity contribution in [2.45, 2.75) is 32.9 Å². The molecule has 0 radical (unpaired) electrons. The molecule has 1 rings (SSSR count). The molecular weight excluding hydrogens is 292 g/mol. The molecule has 0 bridgehead atoms. The van der Waals surface area contributed by atoms with Gasteiger partial charge in [0.2, 0.25) is 5.91 Å². The summed E-state index contributed by atoms with van der Waals surface area (Å²) in [5.41, 5.74) is 1.01. The number of hydrogen-bond donors (Lipinski definition) is 4. The number of benzene rings is 1. The molecule has 0 spiro atoms. The maximum atomic E-state index is 12.2. The van der Waals surface area contributed by atoms with Crippen LogP contribution in [0.25, 0.3) is 0 Å². The molecule has 128 valence electrons. The van der Waals surface area contributed by atoms with Gasteiger partial charge in [-0.25, -0.2) is 4.79 Å². The molecule has 3 amide bonds. The summed E-state index contributed by atoms with van der Waals surface area (Å²) in [4.78, 5) is 24.2. The molecular formula is C17H28N4O2. The standard InChI is InChI=1S/C17H28N4O2/c1-13(2)15(16(22)19-11-7-10-18-3)21-17(23)20-12-14-8-5-4-6-9-14/h4-6,8-9,13,15,18H,7,10-12H2,1-3H3,(H,19,22)(H2,20,21,23). The van der Waals surface area contributed by atoms with E-state index >= 15 is 0 Å². The van der Waals surface area contributed by atoms with Gasteiger partial charge in [-0.1, -0.05) is 44.2 Å². The highest BCUT2D eigenvalue weighted by atomic mass is 16.2. The number of amides is 3. The minimum Gasteiger partial charge on any atom is -0.354 e. The Morgan fingerprint density at radius 2 is 1.74 bits per heavy atom. The monoisotopic (exact) mass is 320 g/mol. The van der Waals surface area contributed by atoms with Crippen LogP contribution in [-0.4, -0.2) is 38.1 Å². The molecule has 6 heteroatoms. The van der Waals surface area contributed by atoms with E-state index in [4.69, 9.17) is 0 Å². The van der Waals surface area contributed by atoms with Crippen LogP contribution >= 0.6 is 0 Å². The maximum absolute atomic E-state index is 12.2. The summed E-state index contributed by atoms with van der Waals surface area (Å²) >= 11 is 0. The average molecular weight is 320 g/mol. The lowest BCUT2D eigenvalue weighted by Crippen LogP contribution is -2.52. The third-order valence-corrected chi connectivity index (χ3v) is 3.43. The topological polar surface area (TPSA) is 82.3 Å². The van der Waals surface area contributed by atoms with Crippen molar-refractivity contribution in [3.8, 4) is 0 Å². The lowest BCUT2D eigenvalue weighted by molar-refractivity contribution is -0.123. The molecule has 1 aromatic carbocycles. The first-order valence-corrected chi connectivity index (χ1v) is 8.05. The Balaban J connectivity index is 2.41. The van der Waals surface area contributed by atoms with E-state index in [-0.39, 0.29) is 17.9 Å². The number of carbonyl (C=O) groups excluding carboxylic acids is 2. The lowest BCUT2D eigenvalue weighted by Gasteiger charge is -2.22. The van der Waals surface area contributed by atoms with Crippen LogP contribution in [0, 0.1) is 5.92 Å². The Labute approximate surface area is 138 Å². The van der Waals surface area contributed by atoms with Crippen molar-refractivity contribution in [2.75, 3.05) is 20.1 Å². The van der Waals surface area contributed by atoms with Crippen molar-refractivity contribution in [3.05, 3.63) is 35.9 Å². The third-order valence-electron chi connectivity index (χ3n) is 3.43. The van der Waals surface area contributed by atoms with Crippen LogP contribution in [0.4, 0.5) is 4.79 Å². The van der Waals surface area contributed by atoms with Crippen molar-refractivity contribution in [2.24, 2.45) is 5.92 Å². The van der Waals surface area contributed by atoms with E-state index in [2.05, 4.69) is 21.3 Å². The van der Waals surface area contributed by atoms with Crippen LogP contribution in [0.1, 0.15) is 25.8 Å². The normalized spacial score (nSPS) is 11.8. The Morgan fingerprint density at radius 3 is 2.35 bits per heavy atom. The van der Waals surface area contributed by atoms with Crippen molar-refractivity contribution in [1.29, 1.82) is 0 Å². The molecule has 0 aliphatic heterocycles. The Bertz CT molecular complexity index is 477. The zero-order chi connectivity index (χ0) is 17.1. The van der Waals surface area contributed by atoms with Gasteiger partial charge < -0.3 is 21.3 Å². The minimum atomic E-state index is -0.541. The molecule has 1 atom stereocenters. The quantitative estimate of drug-likeness (QED) is 0.517. The Morgan fingerprint density at radius 1 is 1.04 bits per heavy atom. The van der Waals surface area contributed by atoms with Gasteiger partial charge in [0.1, 0.15) is 6.04 Å². The first-order valence-electron chi connectivity index (χ1n) is 8.05. The van der Waals surface area contributed by atoms with Gasteiger partial charge in [0, 0.05) is 13.1 Å². The van der Waals surface area contributed by atoms with E-state index in [1.807, 2.05) is 51.2 Å². The van der Waals surface area contributed by atoms with E-state index in [9.17, 15) is 9.59 Å². The SMILES string of the molecule is CNCCCNC(=O)C(NC(=O)NCc1ccccc1)C(C)C. The van der Waals surface area contributed by atoms with Gasteiger partial charge in [0.05, 0.1) is 0 Å². The molecule has 0 aliphatic rings. The summed E-state index contributed by atoms with van der Waals surface area (Å²) in [6.07, 6.45) is 0.854. The van der Waals surface area contributed by atoms with Gasteiger partial charge in [-0.3, -0.25) is 4.79 Å². The van der Waals surface area contributed by atoms with Crippen molar-refractivity contribution in [3.63, 3.8) is 0 Å². The highest BCUT2D eigenvalue weighted by Gasteiger charge is 2.23. The van der Waals surface area contributed by atoms with Crippen molar-refractivity contribution >= 4 is 11.9 Å². The van der Waals surface area contributed by atoms with Gasteiger partial charge >= 0.3 is 6.03 Å². The largest absolute Gasteiger partial charge is 0.354 e. The second kappa shape index (κ2) is 10.6. The average Bonchev–Trinajstić information content (AvgIpc) is 2.55. The lowest BCUT2D eigenvalue weighted by atomic mass is 10.0. The van der Waals surface area contributed by atoms with E-state index in [0.29, 0.717) is 13.1 Å². The predicted octanol–water partition coefficient (Wildman–Crippen LogP) is 1.24. The van der Waals surface area contributed by atoms with E-state index in [0.717, 1.165) is 18.5 Å². The van der Waals surface area contributed by atoms with Gasteiger partial charge in [-0.2, -0.15) is 0 Å². The second-order valence-electron chi connectivity index (χ2n) is 5.78. The zero-order valence-corrected chi connectivity index (χ0v) is 14.2. The third kappa shape index (κ3) is 7.65. The highest BCUT2D eigenvalue weighted by molar-refractivity contribution is 5.87. The fourth-order valence-electron chi connectivity index (χ4n) is 2.09. The van der Waals surface area contributed by atoms with Crippen molar-refractivity contribution < 1.29 is 9.59 Å². The van der Waals surface area contributed by atoms with E-state index in [1.54, 1.807) is 0 Å². The number of nitrogens with one attached hydrogen (secondary N) is 4.